The summed E-state index contributed by atoms with van der Waals surface area (Å²) in [6.45, 7) is 0. The Morgan fingerprint density at radius 1 is 1.22 bits per heavy atom. The van der Waals surface area contributed by atoms with E-state index in [4.69, 9.17) is 9.47 Å². The van der Waals surface area contributed by atoms with Gasteiger partial charge in [0.25, 0.3) is 0 Å². The van der Waals surface area contributed by atoms with Crippen molar-refractivity contribution in [1.29, 1.82) is 0 Å². The normalized spacial score (nSPS) is 11.2. The van der Waals surface area contributed by atoms with Gasteiger partial charge in [-0.05, 0) is 28.1 Å². The molecule has 18 heavy (non-hydrogen) atoms. The fourth-order valence-electron chi connectivity index (χ4n) is 1.78. The van der Waals surface area contributed by atoms with Crippen LogP contribution in [-0.4, -0.2) is 29.0 Å². The van der Waals surface area contributed by atoms with E-state index < -0.39 is 6.29 Å². The molecule has 0 saturated carbocycles. The van der Waals surface area contributed by atoms with Crippen molar-refractivity contribution in [2.45, 2.75) is 6.29 Å². The molecule has 0 aliphatic rings. The van der Waals surface area contributed by atoms with Gasteiger partial charge < -0.3 is 9.47 Å². The van der Waals surface area contributed by atoms with Crippen LogP contribution in [0.3, 0.4) is 0 Å². The number of aryl methyl sites for hydroxylation is 1. The molecule has 0 unspecified atom stereocenters. The topological polar surface area (TPSA) is 49.2 Å². The molecular weight excluding hydrogens is 298 g/mol. The smallest absolute Gasteiger partial charge is 0.201 e. The van der Waals surface area contributed by atoms with E-state index in [1.54, 1.807) is 31.3 Å². The van der Waals surface area contributed by atoms with E-state index in [-0.39, 0.29) is 0 Å². The van der Waals surface area contributed by atoms with Crippen molar-refractivity contribution >= 4 is 15.9 Å². The minimum absolute atomic E-state index is 0.451. The molecule has 0 amide bonds. The van der Waals surface area contributed by atoms with E-state index in [0.29, 0.717) is 0 Å². The van der Waals surface area contributed by atoms with Gasteiger partial charge in [0.15, 0.2) is 0 Å². The van der Waals surface area contributed by atoms with Gasteiger partial charge in [0.1, 0.15) is 11.4 Å². The quantitative estimate of drug-likeness (QED) is 0.814. The molecular formula is C12H14BrN3O2. The van der Waals surface area contributed by atoms with E-state index in [2.05, 4.69) is 26.0 Å². The number of hydrogen-bond acceptors (Lipinski definition) is 4. The number of nitrogens with zero attached hydrogens (tertiary/aromatic N) is 3. The van der Waals surface area contributed by atoms with Gasteiger partial charge in [-0.25, -0.2) is 0 Å². The lowest BCUT2D eigenvalue weighted by molar-refractivity contribution is -0.111. The van der Waals surface area contributed by atoms with Gasteiger partial charge in [-0.15, -0.1) is 0 Å². The molecule has 0 aliphatic heterocycles. The monoisotopic (exact) mass is 311 g/mol. The van der Waals surface area contributed by atoms with Crippen LogP contribution in [0.2, 0.25) is 0 Å². The van der Waals surface area contributed by atoms with Crippen molar-refractivity contribution in [3.8, 4) is 11.3 Å². The van der Waals surface area contributed by atoms with Crippen LogP contribution in [0.15, 0.2) is 29.0 Å². The number of hydrogen-bond donors (Lipinski definition) is 0. The van der Waals surface area contributed by atoms with Gasteiger partial charge in [0.2, 0.25) is 6.29 Å². The summed E-state index contributed by atoms with van der Waals surface area (Å²) < 4.78 is 13.2. The van der Waals surface area contributed by atoms with Crippen molar-refractivity contribution in [2.24, 2.45) is 7.05 Å². The van der Waals surface area contributed by atoms with E-state index in [1.807, 2.05) is 19.2 Å². The molecule has 5 nitrogen and oxygen atoms in total. The van der Waals surface area contributed by atoms with Crippen LogP contribution < -0.4 is 0 Å². The summed E-state index contributed by atoms with van der Waals surface area (Å²) in [6.07, 6.45) is 3.02. The van der Waals surface area contributed by atoms with E-state index in [1.165, 1.54) is 0 Å². The Kier molecular flexibility index (Phi) is 4.11. The first-order valence-electron chi connectivity index (χ1n) is 5.37. The second-order valence-corrected chi connectivity index (χ2v) is 4.50. The molecule has 0 saturated heterocycles. The molecule has 0 aromatic carbocycles. The Labute approximate surface area is 114 Å². The molecule has 0 fully saturated rings. The fraction of sp³-hybridized carbons (Fsp3) is 0.333. The maximum Gasteiger partial charge on any atom is 0.201 e. The summed E-state index contributed by atoms with van der Waals surface area (Å²) >= 11 is 3.56. The molecule has 0 spiro atoms. The molecule has 0 N–H and O–H groups in total. The molecule has 6 heteroatoms. The van der Waals surface area contributed by atoms with E-state index in [0.717, 1.165) is 21.4 Å². The Morgan fingerprint density at radius 2 is 1.83 bits per heavy atom. The number of methoxy groups -OCH3 is 2. The molecule has 2 heterocycles. The van der Waals surface area contributed by atoms with Crippen molar-refractivity contribution in [3.63, 3.8) is 0 Å². The van der Waals surface area contributed by atoms with Gasteiger partial charge in [-0.3, -0.25) is 9.67 Å². The van der Waals surface area contributed by atoms with E-state index >= 15 is 0 Å². The molecule has 0 radical (unpaired) electrons. The lowest BCUT2D eigenvalue weighted by Gasteiger charge is -2.13. The highest BCUT2D eigenvalue weighted by molar-refractivity contribution is 9.10. The van der Waals surface area contributed by atoms with Crippen LogP contribution in [0.25, 0.3) is 11.3 Å². The zero-order valence-electron chi connectivity index (χ0n) is 10.4. The second-order valence-electron chi connectivity index (χ2n) is 3.71. The number of halogens is 1. The highest BCUT2D eigenvalue weighted by Gasteiger charge is 2.22. The average molecular weight is 312 g/mol. The van der Waals surface area contributed by atoms with Crippen LogP contribution >= 0.6 is 15.9 Å². The largest absolute Gasteiger partial charge is 0.350 e. The molecule has 96 valence electrons. The third-order valence-electron chi connectivity index (χ3n) is 2.64. The van der Waals surface area contributed by atoms with Crippen LogP contribution in [0.4, 0.5) is 0 Å². The maximum absolute atomic E-state index is 5.27. The number of rotatable bonds is 4. The van der Waals surface area contributed by atoms with Crippen molar-refractivity contribution < 1.29 is 9.47 Å². The summed E-state index contributed by atoms with van der Waals surface area (Å²) in [5, 5.41) is 4.48. The Balaban J connectivity index is 2.50. The highest BCUT2D eigenvalue weighted by Crippen LogP contribution is 2.34. The molecule has 2 rings (SSSR count). The van der Waals surface area contributed by atoms with Crippen LogP contribution in [0, 0.1) is 0 Å². The first-order valence-corrected chi connectivity index (χ1v) is 6.16. The standard InChI is InChI=1S/C12H14BrN3O2/c1-16-11(12(17-2)18-3)9(13)10(15-16)8-4-6-14-7-5-8/h4-7,12H,1-3H3. The maximum atomic E-state index is 5.27. The third-order valence-corrected chi connectivity index (χ3v) is 3.42. The average Bonchev–Trinajstić information content (AvgIpc) is 2.69. The van der Waals surface area contributed by atoms with Gasteiger partial charge in [-0.1, -0.05) is 0 Å². The third kappa shape index (κ3) is 2.31. The van der Waals surface area contributed by atoms with E-state index in [9.17, 15) is 0 Å². The lowest BCUT2D eigenvalue weighted by atomic mass is 10.2. The number of aromatic nitrogens is 3. The Hall–Kier alpha value is -1.24. The van der Waals surface area contributed by atoms with Crippen LogP contribution in [-0.2, 0) is 16.5 Å². The Morgan fingerprint density at radius 3 is 2.39 bits per heavy atom. The SMILES string of the molecule is COC(OC)c1c(Br)c(-c2ccncc2)nn1C. The first kappa shape index (κ1) is 13.2. The molecule has 0 atom stereocenters. The van der Waals surface area contributed by atoms with Gasteiger partial charge in [0.05, 0.1) is 4.47 Å². The van der Waals surface area contributed by atoms with Crippen LogP contribution in [0.5, 0.6) is 0 Å². The first-order chi connectivity index (χ1) is 8.69. The predicted molar refractivity (Wildman–Crippen MR) is 70.9 cm³/mol. The number of pyridine rings is 1. The summed E-state index contributed by atoms with van der Waals surface area (Å²) in [5.74, 6) is 0. The Bertz CT molecular complexity index is 524. The minimum atomic E-state index is -0.451. The lowest BCUT2D eigenvalue weighted by Crippen LogP contribution is -2.09. The zero-order valence-corrected chi connectivity index (χ0v) is 12.0. The molecule has 0 aliphatic carbocycles. The summed E-state index contributed by atoms with van der Waals surface area (Å²) in [4.78, 5) is 4.00. The summed E-state index contributed by atoms with van der Waals surface area (Å²) in [5.41, 5.74) is 2.67. The van der Waals surface area contributed by atoms with Gasteiger partial charge in [0, 0.05) is 39.2 Å². The number of ether oxygens (including phenoxy) is 2. The molecule has 2 aromatic rings. The van der Waals surface area contributed by atoms with Crippen molar-refractivity contribution in [2.75, 3.05) is 14.2 Å². The molecule has 2 aromatic heterocycles. The fourth-order valence-corrected chi connectivity index (χ4v) is 2.53. The van der Waals surface area contributed by atoms with Crippen molar-refractivity contribution in [3.05, 3.63) is 34.7 Å². The van der Waals surface area contributed by atoms with Crippen LogP contribution in [0.1, 0.15) is 12.0 Å². The van der Waals surface area contributed by atoms with Crippen molar-refractivity contribution in [1.82, 2.24) is 14.8 Å². The van der Waals surface area contributed by atoms with Gasteiger partial charge >= 0.3 is 0 Å². The predicted octanol–water partition coefficient (Wildman–Crippen LogP) is 2.54. The minimum Gasteiger partial charge on any atom is -0.350 e. The molecule has 0 bridgehead atoms. The highest BCUT2D eigenvalue weighted by atomic mass is 79.9. The summed E-state index contributed by atoms with van der Waals surface area (Å²) in [6, 6.07) is 3.82. The van der Waals surface area contributed by atoms with Gasteiger partial charge in [-0.2, -0.15) is 5.10 Å². The second kappa shape index (κ2) is 5.60. The zero-order chi connectivity index (χ0) is 13.1. The summed E-state index contributed by atoms with van der Waals surface area (Å²) in [7, 11) is 5.05.